The van der Waals surface area contributed by atoms with Gasteiger partial charge in [0.25, 0.3) is 0 Å². The molecule has 8 rings (SSSR count). The smallest absolute Gasteiger partial charge is 0.0547 e. The molecule has 38 heavy (non-hydrogen) atoms. The molecule has 0 radical (unpaired) electrons. The maximum absolute atomic E-state index is 2.41. The number of benzene rings is 6. The van der Waals surface area contributed by atoms with E-state index in [1.165, 1.54) is 66.0 Å². The van der Waals surface area contributed by atoms with Crippen molar-refractivity contribution in [2.24, 2.45) is 0 Å². The lowest BCUT2D eigenvalue weighted by atomic mass is 10.0. The summed E-state index contributed by atoms with van der Waals surface area (Å²) >= 11 is 0. The third kappa shape index (κ3) is 3.21. The third-order valence-electron chi connectivity index (χ3n) is 7.68. The van der Waals surface area contributed by atoms with E-state index < -0.39 is 0 Å². The van der Waals surface area contributed by atoms with Crippen molar-refractivity contribution in [2.75, 3.05) is 0 Å². The van der Waals surface area contributed by atoms with Crippen molar-refractivity contribution in [3.05, 3.63) is 146 Å². The Hall–Kier alpha value is -5.08. The number of fused-ring (bicyclic) bond motifs is 5. The van der Waals surface area contributed by atoms with E-state index in [-0.39, 0.29) is 0 Å². The van der Waals surface area contributed by atoms with Crippen LogP contribution in [0, 0.1) is 0 Å². The topological polar surface area (TPSA) is 9.86 Å². The van der Waals surface area contributed by atoms with Crippen LogP contribution in [0.5, 0.6) is 0 Å². The number of hydrogen-bond acceptors (Lipinski definition) is 0. The van der Waals surface area contributed by atoms with Gasteiger partial charge in [-0.3, -0.25) is 0 Å². The van der Waals surface area contributed by atoms with Crippen molar-refractivity contribution in [3.8, 4) is 22.5 Å². The fraction of sp³-hybridized carbons (Fsp3) is 0. The predicted octanol–water partition coefficient (Wildman–Crippen LogP) is 9.55. The molecule has 0 unspecified atom stereocenters. The molecule has 8 aromatic rings. The second-order valence-electron chi connectivity index (χ2n) is 9.92. The van der Waals surface area contributed by atoms with Crippen LogP contribution < -0.4 is 0 Å². The summed E-state index contributed by atoms with van der Waals surface area (Å²) < 4.78 is 4.69. The van der Waals surface area contributed by atoms with Crippen LogP contribution in [0.25, 0.3) is 66.0 Å². The summed E-state index contributed by atoms with van der Waals surface area (Å²) in [6, 6.07) is 50.4. The average Bonchev–Trinajstić information content (AvgIpc) is 3.54. The van der Waals surface area contributed by atoms with Crippen LogP contribution in [-0.4, -0.2) is 9.13 Å². The normalized spacial score (nSPS) is 11.7. The maximum Gasteiger partial charge on any atom is 0.0547 e. The summed E-state index contributed by atoms with van der Waals surface area (Å²) in [6.07, 6.45) is 2.17. The molecule has 0 spiro atoms. The van der Waals surface area contributed by atoms with Crippen LogP contribution in [0.3, 0.4) is 0 Å². The van der Waals surface area contributed by atoms with E-state index in [0.29, 0.717) is 0 Å². The largest absolute Gasteiger partial charge is 0.317 e. The minimum Gasteiger partial charge on any atom is -0.317 e. The molecule has 6 aromatic carbocycles. The lowest BCUT2D eigenvalue weighted by Gasteiger charge is -2.11. The molecule has 0 saturated heterocycles. The molecule has 0 aliphatic rings. The van der Waals surface area contributed by atoms with Gasteiger partial charge in [0.15, 0.2) is 0 Å². The van der Waals surface area contributed by atoms with E-state index in [1.54, 1.807) is 0 Å². The molecule has 0 bridgehead atoms. The Balaban J connectivity index is 1.41. The van der Waals surface area contributed by atoms with Gasteiger partial charge in [-0.25, -0.2) is 0 Å². The molecule has 2 heterocycles. The second-order valence-corrected chi connectivity index (χ2v) is 9.92. The predicted molar refractivity (Wildman–Crippen MR) is 161 cm³/mol. The Morgan fingerprint density at radius 1 is 0.368 bits per heavy atom. The van der Waals surface area contributed by atoms with Gasteiger partial charge in [0.1, 0.15) is 0 Å². The molecule has 2 heteroatoms. The zero-order chi connectivity index (χ0) is 25.1. The first-order valence-electron chi connectivity index (χ1n) is 13.0. The second kappa shape index (κ2) is 8.22. The molecule has 0 atom stereocenters. The first kappa shape index (κ1) is 21.0. The molecule has 0 aliphatic heterocycles. The Morgan fingerprint density at radius 3 is 1.92 bits per heavy atom. The zero-order valence-electron chi connectivity index (χ0n) is 20.8. The average molecular weight is 485 g/mol. The Bertz CT molecular complexity index is 2110. The number of hydrogen-bond donors (Lipinski definition) is 0. The van der Waals surface area contributed by atoms with Crippen molar-refractivity contribution in [1.29, 1.82) is 0 Å². The summed E-state index contributed by atoms with van der Waals surface area (Å²) in [6.45, 7) is 0. The molecule has 2 nitrogen and oxygen atoms in total. The molecule has 0 fully saturated rings. The SMILES string of the molecule is c1ccc(-c2cccc(-n3c4ccccc4c4cc5cc6ccn(-c7ccccc7)c6cc5cc43)c2)cc1. The zero-order valence-corrected chi connectivity index (χ0v) is 20.8. The van der Waals surface area contributed by atoms with Gasteiger partial charge in [0.2, 0.25) is 0 Å². The molecular weight excluding hydrogens is 460 g/mol. The van der Waals surface area contributed by atoms with Crippen LogP contribution in [0.4, 0.5) is 0 Å². The van der Waals surface area contributed by atoms with Crippen molar-refractivity contribution in [1.82, 2.24) is 9.13 Å². The number of rotatable bonds is 3. The standard InChI is InChI=1S/C36H24N2/c1-3-10-25(11-4-1)26-12-9-15-31(21-26)38-34-17-8-7-16-32(34)33-22-28-20-27-18-19-37(30-13-5-2-6-14-30)35(27)23-29(28)24-36(33)38/h1-24H. The van der Waals surface area contributed by atoms with E-state index >= 15 is 0 Å². The fourth-order valence-electron chi connectivity index (χ4n) is 5.89. The Morgan fingerprint density at radius 2 is 1.05 bits per heavy atom. The minimum atomic E-state index is 1.17. The molecule has 0 saturated carbocycles. The van der Waals surface area contributed by atoms with Crippen molar-refractivity contribution < 1.29 is 0 Å². The van der Waals surface area contributed by atoms with Crippen LogP contribution in [0.2, 0.25) is 0 Å². The highest BCUT2D eigenvalue weighted by Crippen LogP contribution is 2.37. The van der Waals surface area contributed by atoms with Gasteiger partial charge in [-0.05, 0) is 82.6 Å². The van der Waals surface area contributed by atoms with Gasteiger partial charge in [-0.15, -0.1) is 0 Å². The van der Waals surface area contributed by atoms with Crippen LogP contribution in [0.1, 0.15) is 0 Å². The minimum absolute atomic E-state index is 1.17. The van der Waals surface area contributed by atoms with E-state index in [0.717, 1.165) is 0 Å². The molecule has 0 amide bonds. The summed E-state index contributed by atoms with van der Waals surface area (Å²) in [5.41, 5.74) is 8.46. The fourth-order valence-corrected chi connectivity index (χ4v) is 5.89. The summed E-state index contributed by atoms with van der Waals surface area (Å²) in [5, 5.41) is 6.30. The van der Waals surface area contributed by atoms with E-state index in [1.807, 2.05) is 0 Å². The summed E-state index contributed by atoms with van der Waals surface area (Å²) in [4.78, 5) is 0. The highest BCUT2D eigenvalue weighted by Gasteiger charge is 2.15. The first-order valence-corrected chi connectivity index (χ1v) is 13.0. The molecule has 0 N–H and O–H groups in total. The Labute approximate surface area is 220 Å². The summed E-state index contributed by atoms with van der Waals surface area (Å²) in [7, 11) is 0. The van der Waals surface area contributed by atoms with E-state index in [4.69, 9.17) is 0 Å². The van der Waals surface area contributed by atoms with Gasteiger partial charge in [0, 0.05) is 33.7 Å². The van der Waals surface area contributed by atoms with Crippen LogP contribution >= 0.6 is 0 Å². The van der Waals surface area contributed by atoms with Crippen molar-refractivity contribution in [3.63, 3.8) is 0 Å². The lowest BCUT2D eigenvalue weighted by Crippen LogP contribution is -1.94. The molecule has 0 aliphatic carbocycles. The third-order valence-corrected chi connectivity index (χ3v) is 7.68. The van der Waals surface area contributed by atoms with Crippen molar-refractivity contribution in [2.45, 2.75) is 0 Å². The summed E-state index contributed by atoms with van der Waals surface area (Å²) in [5.74, 6) is 0. The van der Waals surface area contributed by atoms with Crippen molar-refractivity contribution >= 4 is 43.5 Å². The van der Waals surface area contributed by atoms with Crippen LogP contribution in [-0.2, 0) is 0 Å². The van der Waals surface area contributed by atoms with Gasteiger partial charge < -0.3 is 9.13 Å². The van der Waals surface area contributed by atoms with Crippen LogP contribution in [0.15, 0.2) is 146 Å². The highest BCUT2D eigenvalue weighted by atomic mass is 15.0. The van der Waals surface area contributed by atoms with Gasteiger partial charge in [-0.1, -0.05) is 78.9 Å². The monoisotopic (exact) mass is 484 g/mol. The molecule has 178 valence electrons. The Kier molecular flexibility index (Phi) is 4.55. The molecule has 2 aromatic heterocycles. The van der Waals surface area contributed by atoms with E-state index in [9.17, 15) is 0 Å². The maximum atomic E-state index is 2.41. The van der Waals surface area contributed by atoms with Gasteiger partial charge in [-0.2, -0.15) is 0 Å². The highest BCUT2D eigenvalue weighted by molar-refractivity contribution is 6.15. The quantitative estimate of drug-likeness (QED) is 0.236. The number of aromatic nitrogens is 2. The number of para-hydroxylation sites is 2. The molecular formula is C36H24N2. The van der Waals surface area contributed by atoms with E-state index in [2.05, 4.69) is 155 Å². The first-order chi connectivity index (χ1) is 18.8. The number of nitrogens with zero attached hydrogens (tertiary/aromatic N) is 2. The van der Waals surface area contributed by atoms with Gasteiger partial charge in [0.05, 0.1) is 16.6 Å². The van der Waals surface area contributed by atoms with Gasteiger partial charge >= 0.3 is 0 Å². The lowest BCUT2D eigenvalue weighted by molar-refractivity contribution is 1.13.